The number of methoxy groups -OCH3 is 2. The summed E-state index contributed by atoms with van der Waals surface area (Å²) >= 11 is 4.86. The highest BCUT2D eigenvalue weighted by Gasteiger charge is 2.15. The summed E-state index contributed by atoms with van der Waals surface area (Å²) in [6, 6.07) is 9.67. The maximum Gasteiger partial charge on any atom is 0.187 e. The van der Waals surface area contributed by atoms with Gasteiger partial charge in [0.05, 0.1) is 24.1 Å². The van der Waals surface area contributed by atoms with Crippen LogP contribution in [0, 0.1) is 6.92 Å². The number of rotatable bonds is 5. The Labute approximate surface area is 146 Å². The monoisotopic (exact) mass is 394 g/mol. The van der Waals surface area contributed by atoms with E-state index in [4.69, 9.17) is 14.0 Å². The third kappa shape index (κ3) is 3.11. The molecule has 3 rings (SSSR count). The van der Waals surface area contributed by atoms with Gasteiger partial charge in [0, 0.05) is 0 Å². The number of ether oxygens (including phenoxy) is 2. The molecule has 0 unspecified atom stereocenters. The molecule has 0 aliphatic heterocycles. The summed E-state index contributed by atoms with van der Waals surface area (Å²) in [5.41, 5.74) is 1.83. The first-order valence-electron chi connectivity index (χ1n) is 6.83. The molecule has 1 aromatic heterocycles. The Kier molecular flexibility index (Phi) is 4.68. The second-order valence-corrected chi connectivity index (χ2v) is 6.52. The smallest absolute Gasteiger partial charge is 0.187 e. The van der Waals surface area contributed by atoms with Crippen molar-refractivity contribution < 1.29 is 14.0 Å². The van der Waals surface area contributed by atoms with E-state index in [1.54, 1.807) is 14.2 Å². The normalized spacial score (nSPS) is 10.8. The molecule has 0 bridgehead atoms. The Morgan fingerprint density at radius 3 is 2.52 bits per heavy atom. The number of aryl methyl sites for hydroxylation is 1. The van der Waals surface area contributed by atoms with Gasteiger partial charge in [-0.2, -0.15) is 0 Å². The van der Waals surface area contributed by atoms with Crippen molar-refractivity contribution in [1.29, 1.82) is 0 Å². The zero-order valence-electron chi connectivity index (χ0n) is 12.8. The van der Waals surface area contributed by atoms with Crippen molar-refractivity contribution in [3.05, 3.63) is 40.4 Å². The van der Waals surface area contributed by atoms with E-state index in [2.05, 4.69) is 25.8 Å². The predicted octanol–water partition coefficient (Wildman–Crippen LogP) is 5.04. The average Bonchev–Trinajstić information content (AvgIpc) is 2.95. The molecule has 0 saturated carbocycles. The Morgan fingerprint density at radius 2 is 1.87 bits per heavy atom. The highest BCUT2D eigenvalue weighted by molar-refractivity contribution is 9.10. The summed E-state index contributed by atoms with van der Waals surface area (Å²) in [5.74, 6) is 2.11. The topological polar surface area (TPSA) is 56.5 Å². The molecule has 0 fully saturated rings. The molecule has 5 nitrogen and oxygen atoms in total. The largest absolute Gasteiger partial charge is 0.495 e. The summed E-state index contributed by atoms with van der Waals surface area (Å²) in [6.45, 7) is 2.03. The van der Waals surface area contributed by atoms with Crippen molar-refractivity contribution in [1.82, 2.24) is 5.16 Å². The van der Waals surface area contributed by atoms with Crippen LogP contribution in [-0.4, -0.2) is 19.4 Å². The SMILES string of the molecule is COc1cccc(OC)c1SNc1noc2c(Br)cc(C)cc12. The third-order valence-electron chi connectivity index (χ3n) is 3.30. The van der Waals surface area contributed by atoms with Crippen LogP contribution in [-0.2, 0) is 0 Å². The molecular formula is C16H15BrN2O3S. The van der Waals surface area contributed by atoms with E-state index in [9.17, 15) is 0 Å². The minimum atomic E-state index is 0.655. The summed E-state index contributed by atoms with van der Waals surface area (Å²) in [5, 5.41) is 5.02. The van der Waals surface area contributed by atoms with Crippen molar-refractivity contribution in [2.45, 2.75) is 11.8 Å². The quantitative estimate of drug-likeness (QED) is 0.612. The first-order chi connectivity index (χ1) is 11.1. The molecule has 2 aromatic carbocycles. The molecule has 3 aromatic rings. The van der Waals surface area contributed by atoms with Crippen molar-refractivity contribution in [3.63, 3.8) is 0 Å². The van der Waals surface area contributed by atoms with Crippen LogP contribution >= 0.6 is 27.9 Å². The van der Waals surface area contributed by atoms with Crippen LogP contribution in [0.4, 0.5) is 5.82 Å². The van der Waals surface area contributed by atoms with Crippen LogP contribution < -0.4 is 14.2 Å². The Hall–Kier alpha value is -1.86. The van der Waals surface area contributed by atoms with Gasteiger partial charge in [-0.3, -0.25) is 0 Å². The number of halogens is 1. The second-order valence-electron chi connectivity index (χ2n) is 4.85. The van der Waals surface area contributed by atoms with Crippen molar-refractivity contribution in [2.75, 3.05) is 18.9 Å². The van der Waals surface area contributed by atoms with Crippen LogP contribution in [0.1, 0.15) is 5.56 Å². The zero-order chi connectivity index (χ0) is 16.4. The van der Waals surface area contributed by atoms with Gasteiger partial charge in [-0.15, -0.1) is 0 Å². The van der Waals surface area contributed by atoms with Crippen LogP contribution in [0.15, 0.2) is 44.2 Å². The molecule has 1 N–H and O–H groups in total. The van der Waals surface area contributed by atoms with Gasteiger partial charge in [0.1, 0.15) is 16.4 Å². The lowest BCUT2D eigenvalue weighted by molar-refractivity contribution is 0.376. The van der Waals surface area contributed by atoms with E-state index < -0.39 is 0 Å². The van der Waals surface area contributed by atoms with Crippen molar-refractivity contribution in [3.8, 4) is 11.5 Å². The molecule has 0 radical (unpaired) electrons. The fourth-order valence-corrected chi connectivity index (χ4v) is 3.73. The number of anilines is 1. The lowest BCUT2D eigenvalue weighted by atomic mass is 10.2. The second kappa shape index (κ2) is 6.72. The highest BCUT2D eigenvalue weighted by Crippen LogP contribution is 2.39. The number of nitrogens with zero attached hydrogens (tertiary/aromatic N) is 1. The van der Waals surface area contributed by atoms with E-state index in [-0.39, 0.29) is 0 Å². The van der Waals surface area contributed by atoms with Gasteiger partial charge in [0.25, 0.3) is 0 Å². The zero-order valence-corrected chi connectivity index (χ0v) is 15.2. The standard InChI is InChI=1S/C16H15BrN2O3S/c1-9-7-10-14(11(17)8-9)22-18-16(10)19-23-15-12(20-2)5-4-6-13(15)21-3/h4-8H,1-3H3,(H,18,19). The van der Waals surface area contributed by atoms with Gasteiger partial charge >= 0.3 is 0 Å². The van der Waals surface area contributed by atoms with Gasteiger partial charge in [0.2, 0.25) is 0 Å². The molecule has 0 amide bonds. The van der Waals surface area contributed by atoms with Crippen LogP contribution in [0.5, 0.6) is 11.5 Å². The highest BCUT2D eigenvalue weighted by atomic mass is 79.9. The molecule has 7 heteroatoms. The summed E-state index contributed by atoms with van der Waals surface area (Å²) in [6.07, 6.45) is 0. The molecular weight excluding hydrogens is 380 g/mol. The van der Waals surface area contributed by atoms with Gasteiger partial charge in [-0.1, -0.05) is 11.2 Å². The lowest BCUT2D eigenvalue weighted by Crippen LogP contribution is -1.95. The van der Waals surface area contributed by atoms with Crippen LogP contribution in [0.25, 0.3) is 11.0 Å². The minimum absolute atomic E-state index is 0.655. The van der Waals surface area contributed by atoms with E-state index >= 15 is 0 Å². The van der Waals surface area contributed by atoms with Crippen LogP contribution in [0.2, 0.25) is 0 Å². The summed E-state index contributed by atoms with van der Waals surface area (Å²) < 4.78 is 20.3. The molecule has 0 spiro atoms. The molecule has 0 aliphatic carbocycles. The molecule has 1 heterocycles. The molecule has 23 heavy (non-hydrogen) atoms. The van der Waals surface area contributed by atoms with Gasteiger partial charge in [-0.05, 0) is 64.6 Å². The molecule has 0 aliphatic rings. The van der Waals surface area contributed by atoms with Crippen LogP contribution in [0.3, 0.4) is 0 Å². The maximum absolute atomic E-state index is 5.40. The van der Waals surface area contributed by atoms with E-state index in [0.717, 1.165) is 31.8 Å². The van der Waals surface area contributed by atoms with E-state index in [1.807, 2.05) is 37.3 Å². The number of hydrogen-bond donors (Lipinski definition) is 1. The number of aromatic nitrogens is 1. The van der Waals surface area contributed by atoms with Crippen molar-refractivity contribution in [2.24, 2.45) is 0 Å². The Bertz CT molecular complexity index is 828. The van der Waals surface area contributed by atoms with Gasteiger partial charge in [0.15, 0.2) is 11.4 Å². The molecule has 0 saturated heterocycles. The number of fused-ring (bicyclic) bond motifs is 1. The number of benzene rings is 2. The Balaban J connectivity index is 1.93. The van der Waals surface area contributed by atoms with E-state index in [0.29, 0.717) is 11.4 Å². The van der Waals surface area contributed by atoms with Crippen molar-refractivity contribution >= 4 is 44.7 Å². The minimum Gasteiger partial charge on any atom is -0.495 e. The Morgan fingerprint density at radius 1 is 1.17 bits per heavy atom. The first kappa shape index (κ1) is 16.0. The number of nitrogens with one attached hydrogen (secondary N) is 1. The summed E-state index contributed by atoms with van der Waals surface area (Å²) in [4.78, 5) is 0.848. The van der Waals surface area contributed by atoms with E-state index in [1.165, 1.54) is 11.9 Å². The van der Waals surface area contributed by atoms with Gasteiger partial charge in [-0.25, -0.2) is 0 Å². The fraction of sp³-hybridized carbons (Fsp3) is 0.188. The average molecular weight is 395 g/mol. The molecule has 120 valence electrons. The lowest BCUT2D eigenvalue weighted by Gasteiger charge is -2.12. The van der Waals surface area contributed by atoms with Gasteiger partial charge < -0.3 is 18.7 Å². The first-order valence-corrected chi connectivity index (χ1v) is 8.44. The fourth-order valence-electron chi connectivity index (χ4n) is 2.23. The summed E-state index contributed by atoms with van der Waals surface area (Å²) in [7, 11) is 3.26. The predicted molar refractivity (Wildman–Crippen MR) is 95.5 cm³/mol. The number of hydrogen-bond acceptors (Lipinski definition) is 6. The third-order valence-corrected chi connectivity index (χ3v) is 4.79. The molecule has 0 atom stereocenters. The maximum atomic E-state index is 5.40.